The number of urea groups is 1. The molecule has 5 nitrogen and oxygen atoms in total. The molecule has 5 heteroatoms. The first kappa shape index (κ1) is 11.3. The summed E-state index contributed by atoms with van der Waals surface area (Å²) in [6.07, 6.45) is 2.44. The van der Waals surface area contributed by atoms with Gasteiger partial charge in [-0.25, -0.2) is 9.78 Å². The lowest BCUT2D eigenvalue weighted by Crippen LogP contribution is -2.29. The maximum Gasteiger partial charge on any atom is 0.320 e. The average molecular weight is 208 g/mol. The number of hydrogen-bond acceptors (Lipinski definition) is 3. The molecule has 82 valence electrons. The van der Waals surface area contributed by atoms with Gasteiger partial charge in [0.25, 0.3) is 0 Å². The summed E-state index contributed by atoms with van der Waals surface area (Å²) < 4.78 is 0. The summed E-state index contributed by atoms with van der Waals surface area (Å²) in [6.45, 7) is 4.51. The van der Waals surface area contributed by atoms with Crippen LogP contribution in [-0.2, 0) is 0 Å². The van der Waals surface area contributed by atoms with E-state index in [4.69, 9.17) is 5.73 Å². The maximum atomic E-state index is 11.3. The second kappa shape index (κ2) is 5.19. The molecular formula is C10H16N4O. The molecule has 0 bridgehead atoms. The molecule has 0 aromatic carbocycles. The van der Waals surface area contributed by atoms with Crippen molar-refractivity contribution in [1.29, 1.82) is 0 Å². The smallest absolute Gasteiger partial charge is 0.320 e. The van der Waals surface area contributed by atoms with E-state index < -0.39 is 0 Å². The first-order valence-corrected chi connectivity index (χ1v) is 4.90. The summed E-state index contributed by atoms with van der Waals surface area (Å²) in [5.41, 5.74) is 7.13. The summed E-state index contributed by atoms with van der Waals surface area (Å²) in [5, 5.41) is 5.32. The van der Waals surface area contributed by atoms with E-state index in [1.54, 1.807) is 6.07 Å². The van der Waals surface area contributed by atoms with Crippen LogP contribution in [0.25, 0.3) is 0 Å². The second-order valence-electron chi connectivity index (χ2n) is 3.31. The first-order chi connectivity index (χ1) is 7.13. The number of aryl methyl sites for hydroxylation is 1. The molecule has 2 amide bonds. The van der Waals surface area contributed by atoms with E-state index in [1.165, 1.54) is 6.20 Å². The van der Waals surface area contributed by atoms with Crippen LogP contribution in [0.5, 0.6) is 0 Å². The number of hydrogen-bond donors (Lipinski definition) is 3. The van der Waals surface area contributed by atoms with Crippen molar-refractivity contribution in [2.24, 2.45) is 0 Å². The molecule has 0 radical (unpaired) electrons. The number of pyridine rings is 1. The van der Waals surface area contributed by atoms with E-state index in [2.05, 4.69) is 15.6 Å². The fourth-order valence-electron chi connectivity index (χ4n) is 1.03. The van der Waals surface area contributed by atoms with Crippen molar-refractivity contribution >= 4 is 17.5 Å². The Morgan fingerprint density at radius 1 is 1.60 bits per heavy atom. The lowest BCUT2D eigenvalue weighted by molar-refractivity contribution is 0.252. The van der Waals surface area contributed by atoms with Gasteiger partial charge in [-0.3, -0.25) is 5.32 Å². The predicted molar refractivity (Wildman–Crippen MR) is 60.7 cm³/mol. The van der Waals surface area contributed by atoms with Crippen molar-refractivity contribution in [3.63, 3.8) is 0 Å². The number of amides is 2. The number of carbonyl (C=O) groups excluding carboxylic acids is 1. The number of nitrogens with two attached hydrogens (primary N) is 1. The van der Waals surface area contributed by atoms with Crippen LogP contribution in [0.3, 0.4) is 0 Å². The van der Waals surface area contributed by atoms with Gasteiger partial charge in [0.2, 0.25) is 0 Å². The molecule has 1 aromatic heterocycles. The van der Waals surface area contributed by atoms with Gasteiger partial charge in [0.15, 0.2) is 0 Å². The van der Waals surface area contributed by atoms with Gasteiger partial charge in [-0.1, -0.05) is 6.92 Å². The molecule has 0 aliphatic heterocycles. The third kappa shape index (κ3) is 3.46. The predicted octanol–water partition coefficient (Wildman–Crippen LogP) is 1.50. The fourth-order valence-corrected chi connectivity index (χ4v) is 1.03. The second-order valence-corrected chi connectivity index (χ2v) is 3.31. The van der Waals surface area contributed by atoms with Gasteiger partial charge in [0, 0.05) is 6.54 Å². The molecule has 0 fully saturated rings. The lowest BCUT2D eigenvalue weighted by atomic mass is 10.2. The van der Waals surface area contributed by atoms with Gasteiger partial charge in [-0.15, -0.1) is 0 Å². The van der Waals surface area contributed by atoms with Crippen LogP contribution in [0, 0.1) is 6.92 Å². The molecule has 0 spiro atoms. The molecule has 0 unspecified atom stereocenters. The van der Waals surface area contributed by atoms with Gasteiger partial charge in [0.05, 0.1) is 11.9 Å². The molecule has 0 saturated heterocycles. The Morgan fingerprint density at radius 2 is 2.33 bits per heavy atom. The van der Waals surface area contributed by atoms with Crippen LogP contribution in [-0.4, -0.2) is 17.6 Å². The van der Waals surface area contributed by atoms with E-state index >= 15 is 0 Å². The van der Waals surface area contributed by atoms with Gasteiger partial charge >= 0.3 is 6.03 Å². The van der Waals surface area contributed by atoms with Crippen LogP contribution in [0.1, 0.15) is 18.9 Å². The molecule has 4 N–H and O–H groups in total. The summed E-state index contributed by atoms with van der Waals surface area (Å²) in [6, 6.07) is 1.49. The number of nitrogen functional groups attached to an aromatic ring is 1. The topological polar surface area (TPSA) is 80.0 Å². The third-order valence-electron chi connectivity index (χ3n) is 1.93. The molecule has 15 heavy (non-hydrogen) atoms. The molecule has 0 saturated carbocycles. The Morgan fingerprint density at radius 3 is 2.93 bits per heavy atom. The minimum atomic E-state index is -0.242. The summed E-state index contributed by atoms with van der Waals surface area (Å²) in [7, 11) is 0. The van der Waals surface area contributed by atoms with E-state index in [1.807, 2.05) is 13.8 Å². The molecule has 1 heterocycles. The largest absolute Gasteiger partial charge is 0.397 e. The Bertz CT molecular complexity index is 351. The van der Waals surface area contributed by atoms with Crippen molar-refractivity contribution in [3.8, 4) is 0 Å². The molecule has 1 rings (SSSR count). The van der Waals surface area contributed by atoms with Crippen molar-refractivity contribution in [2.75, 3.05) is 17.6 Å². The van der Waals surface area contributed by atoms with Crippen molar-refractivity contribution in [2.45, 2.75) is 20.3 Å². The Labute approximate surface area is 89.1 Å². The minimum absolute atomic E-state index is 0.242. The van der Waals surface area contributed by atoms with Gasteiger partial charge < -0.3 is 11.1 Å². The SMILES string of the molecule is CCCNC(=O)Nc1cc(C)c(N)cn1. The number of carbonyl (C=O) groups is 1. The van der Waals surface area contributed by atoms with E-state index in [0.29, 0.717) is 18.1 Å². The van der Waals surface area contributed by atoms with Crippen LogP contribution in [0.2, 0.25) is 0 Å². The lowest BCUT2D eigenvalue weighted by Gasteiger charge is -2.07. The number of rotatable bonds is 3. The zero-order valence-electron chi connectivity index (χ0n) is 9.00. The van der Waals surface area contributed by atoms with Gasteiger partial charge in [-0.2, -0.15) is 0 Å². The number of anilines is 2. The van der Waals surface area contributed by atoms with Crippen LogP contribution in [0.4, 0.5) is 16.3 Å². The maximum absolute atomic E-state index is 11.3. The van der Waals surface area contributed by atoms with E-state index in [9.17, 15) is 4.79 Å². The van der Waals surface area contributed by atoms with E-state index in [0.717, 1.165) is 12.0 Å². The van der Waals surface area contributed by atoms with E-state index in [-0.39, 0.29) is 6.03 Å². The molecule has 0 atom stereocenters. The molecular weight excluding hydrogens is 192 g/mol. The van der Waals surface area contributed by atoms with Crippen LogP contribution in [0.15, 0.2) is 12.3 Å². The van der Waals surface area contributed by atoms with Gasteiger partial charge in [0.1, 0.15) is 5.82 Å². The zero-order chi connectivity index (χ0) is 11.3. The summed E-state index contributed by atoms with van der Waals surface area (Å²) >= 11 is 0. The highest BCUT2D eigenvalue weighted by Gasteiger charge is 2.02. The first-order valence-electron chi connectivity index (χ1n) is 4.90. The Hall–Kier alpha value is -1.78. The highest BCUT2D eigenvalue weighted by molar-refractivity contribution is 5.88. The van der Waals surface area contributed by atoms with Crippen LogP contribution < -0.4 is 16.4 Å². The zero-order valence-corrected chi connectivity index (χ0v) is 9.00. The molecule has 1 aromatic rings. The third-order valence-corrected chi connectivity index (χ3v) is 1.93. The summed E-state index contributed by atoms with van der Waals surface area (Å²) in [5.74, 6) is 0.510. The highest BCUT2D eigenvalue weighted by atomic mass is 16.2. The van der Waals surface area contributed by atoms with Crippen LogP contribution >= 0.6 is 0 Å². The number of nitrogens with one attached hydrogen (secondary N) is 2. The normalized spacial score (nSPS) is 9.73. The standard InChI is InChI=1S/C10H16N4O/c1-3-4-12-10(15)14-9-5-7(2)8(11)6-13-9/h5-6H,3-4,11H2,1-2H3,(H2,12,13,14,15). The average Bonchev–Trinajstić information content (AvgIpc) is 2.20. The summed E-state index contributed by atoms with van der Waals surface area (Å²) in [4.78, 5) is 15.3. The highest BCUT2D eigenvalue weighted by Crippen LogP contribution is 2.12. The quantitative estimate of drug-likeness (QED) is 0.704. The number of aromatic nitrogens is 1. The molecule has 0 aliphatic rings. The van der Waals surface area contributed by atoms with Crippen molar-refractivity contribution in [1.82, 2.24) is 10.3 Å². The van der Waals surface area contributed by atoms with Crippen molar-refractivity contribution in [3.05, 3.63) is 17.8 Å². The Balaban J connectivity index is 2.57. The minimum Gasteiger partial charge on any atom is -0.397 e. The monoisotopic (exact) mass is 208 g/mol. The Kier molecular flexibility index (Phi) is 3.91. The van der Waals surface area contributed by atoms with Crippen molar-refractivity contribution < 1.29 is 4.79 Å². The fraction of sp³-hybridized carbons (Fsp3) is 0.400. The molecule has 0 aliphatic carbocycles. The number of nitrogens with zero attached hydrogens (tertiary/aromatic N) is 1. The van der Waals surface area contributed by atoms with Gasteiger partial charge in [-0.05, 0) is 25.0 Å².